The molecular weight excluding hydrogens is 336 g/mol. The molecule has 0 aliphatic rings. The van der Waals surface area contributed by atoms with E-state index in [1.54, 1.807) is 0 Å². The molecule has 0 amide bonds. The highest BCUT2D eigenvalue weighted by Gasteiger charge is 2.23. The Kier molecular flexibility index (Phi) is 4.97. The normalized spacial score (nSPS) is 12.5. The largest absolute Gasteiger partial charge is 0.258 e. The molecule has 3 aromatic rings. The summed E-state index contributed by atoms with van der Waals surface area (Å²) in [5.74, 6) is 0.295. The number of hydrogen-bond acceptors (Lipinski definition) is 4. The zero-order chi connectivity index (χ0) is 15.4. The average molecular weight is 349 g/mol. The molecule has 0 saturated heterocycles. The number of halogens is 1. The Labute approximate surface area is 140 Å². The van der Waals surface area contributed by atoms with E-state index in [1.165, 1.54) is 0 Å². The van der Waals surface area contributed by atoms with Crippen molar-refractivity contribution in [3.63, 3.8) is 0 Å². The average Bonchev–Trinajstić information content (AvgIpc) is 2.95. The maximum absolute atomic E-state index is 13.0. The first-order chi connectivity index (χ1) is 10.8. The summed E-state index contributed by atoms with van der Waals surface area (Å²) in [4.78, 5) is 0. The number of rotatable bonds is 5. The van der Waals surface area contributed by atoms with E-state index < -0.39 is 10.8 Å². The fourth-order valence-corrected chi connectivity index (χ4v) is 4.61. The molecule has 1 atom stereocenters. The predicted octanol–water partition coefficient (Wildman–Crippen LogP) is 4.23. The van der Waals surface area contributed by atoms with E-state index in [-0.39, 0.29) is 5.25 Å². The second-order valence-electron chi connectivity index (χ2n) is 4.72. The van der Waals surface area contributed by atoms with Gasteiger partial charge in [-0.1, -0.05) is 76.8 Å². The van der Waals surface area contributed by atoms with E-state index >= 15 is 0 Å². The molecular formula is C16H13ClN2OS2. The number of aromatic nitrogens is 2. The minimum absolute atomic E-state index is 0.208. The Morgan fingerprint density at radius 3 is 2.00 bits per heavy atom. The van der Waals surface area contributed by atoms with Gasteiger partial charge in [0, 0.05) is 22.3 Å². The van der Waals surface area contributed by atoms with Gasteiger partial charge in [-0.15, -0.1) is 5.10 Å². The third-order valence-corrected chi connectivity index (χ3v) is 5.87. The van der Waals surface area contributed by atoms with Crippen molar-refractivity contribution < 1.29 is 4.21 Å². The van der Waals surface area contributed by atoms with Crippen LogP contribution in [0.4, 0.5) is 0 Å². The number of nitrogens with zero attached hydrogens (tertiary/aromatic N) is 2. The Morgan fingerprint density at radius 1 is 1.00 bits per heavy atom. The van der Waals surface area contributed by atoms with E-state index in [9.17, 15) is 4.21 Å². The third kappa shape index (κ3) is 3.43. The molecule has 0 aliphatic heterocycles. The monoisotopic (exact) mass is 348 g/mol. The van der Waals surface area contributed by atoms with Crippen LogP contribution in [0.15, 0.2) is 60.7 Å². The maximum Gasteiger partial charge on any atom is 0.138 e. The van der Waals surface area contributed by atoms with Crippen LogP contribution in [0.1, 0.15) is 22.1 Å². The zero-order valence-electron chi connectivity index (χ0n) is 11.6. The summed E-state index contributed by atoms with van der Waals surface area (Å²) in [5.41, 5.74) is 2.64. The summed E-state index contributed by atoms with van der Waals surface area (Å²) in [6.45, 7) is 0. The molecule has 1 heterocycles. The van der Waals surface area contributed by atoms with Gasteiger partial charge < -0.3 is 0 Å². The van der Waals surface area contributed by atoms with Crippen molar-refractivity contribution in [3.8, 4) is 0 Å². The van der Waals surface area contributed by atoms with E-state index in [1.807, 2.05) is 60.7 Å². The summed E-state index contributed by atoms with van der Waals surface area (Å²) in [6.07, 6.45) is 0. The first kappa shape index (κ1) is 15.3. The van der Waals surface area contributed by atoms with Crippen molar-refractivity contribution in [1.82, 2.24) is 9.59 Å². The second-order valence-corrected chi connectivity index (χ2v) is 7.60. The number of benzene rings is 2. The van der Waals surface area contributed by atoms with Crippen molar-refractivity contribution in [1.29, 1.82) is 0 Å². The minimum atomic E-state index is -1.18. The van der Waals surface area contributed by atoms with Crippen LogP contribution in [0.25, 0.3) is 0 Å². The molecule has 0 saturated carbocycles. The van der Waals surface area contributed by atoms with E-state index in [2.05, 4.69) is 9.59 Å². The third-order valence-electron chi connectivity index (χ3n) is 3.26. The fraction of sp³-hybridized carbons (Fsp3) is 0.125. The first-order valence-corrected chi connectivity index (χ1v) is 9.23. The summed E-state index contributed by atoms with van der Waals surface area (Å²) < 4.78 is 17.3. The molecule has 22 heavy (non-hydrogen) atoms. The van der Waals surface area contributed by atoms with Crippen LogP contribution in [0.3, 0.4) is 0 Å². The van der Waals surface area contributed by atoms with Crippen molar-refractivity contribution in [2.75, 3.05) is 0 Å². The lowest BCUT2D eigenvalue weighted by molar-refractivity contribution is 0.677. The van der Waals surface area contributed by atoms with Gasteiger partial charge in [-0.3, -0.25) is 4.21 Å². The molecule has 2 aromatic carbocycles. The van der Waals surface area contributed by atoms with Gasteiger partial charge in [0.05, 0.1) is 11.0 Å². The first-order valence-electron chi connectivity index (χ1n) is 6.69. The van der Waals surface area contributed by atoms with E-state index in [0.29, 0.717) is 15.8 Å². The lowest BCUT2D eigenvalue weighted by atomic mass is 10.0. The van der Waals surface area contributed by atoms with Crippen LogP contribution in [0.2, 0.25) is 4.34 Å². The Hall–Kier alpha value is -1.56. The van der Waals surface area contributed by atoms with Gasteiger partial charge >= 0.3 is 0 Å². The fourth-order valence-electron chi connectivity index (χ4n) is 2.25. The standard InChI is InChI=1S/C16H13ClN2OS2/c17-16-14(18-19-21-16)11-22(20)15(12-7-3-1-4-8-12)13-9-5-2-6-10-13/h1-10,15H,11H2. The molecule has 1 aromatic heterocycles. The van der Waals surface area contributed by atoms with Crippen LogP contribution >= 0.6 is 23.1 Å². The summed E-state index contributed by atoms with van der Waals surface area (Å²) >= 11 is 7.16. The second kappa shape index (κ2) is 7.13. The van der Waals surface area contributed by atoms with E-state index in [4.69, 9.17) is 11.6 Å². The predicted molar refractivity (Wildman–Crippen MR) is 91.5 cm³/mol. The van der Waals surface area contributed by atoms with Crippen LogP contribution in [-0.2, 0) is 16.6 Å². The van der Waals surface area contributed by atoms with Crippen molar-refractivity contribution in [3.05, 3.63) is 81.8 Å². The zero-order valence-corrected chi connectivity index (χ0v) is 13.9. The minimum Gasteiger partial charge on any atom is -0.258 e. The van der Waals surface area contributed by atoms with Crippen LogP contribution in [0.5, 0.6) is 0 Å². The van der Waals surface area contributed by atoms with Gasteiger partial charge in [0.1, 0.15) is 10.0 Å². The highest BCUT2D eigenvalue weighted by atomic mass is 35.5. The topological polar surface area (TPSA) is 42.9 Å². The molecule has 3 nitrogen and oxygen atoms in total. The summed E-state index contributed by atoms with van der Waals surface area (Å²) in [6, 6.07) is 19.7. The Balaban J connectivity index is 1.95. The van der Waals surface area contributed by atoms with Crippen LogP contribution in [-0.4, -0.2) is 13.8 Å². The van der Waals surface area contributed by atoms with Gasteiger partial charge in [-0.2, -0.15) is 0 Å². The molecule has 0 N–H and O–H groups in total. The molecule has 112 valence electrons. The Morgan fingerprint density at radius 2 is 1.55 bits per heavy atom. The molecule has 0 spiro atoms. The summed E-state index contributed by atoms with van der Waals surface area (Å²) in [7, 11) is -1.18. The van der Waals surface area contributed by atoms with Gasteiger partial charge in [0.15, 0.2) is 0 Å². The lowest BCUT2D eigenvalue weighted by Crippen LogP contribution is -2.11. The van der Waals surface area contributed by atoms with Crippen LogP contribution in [0, 0.1) is 0 Å². The molecule has 0 aliphatic carbocycles. The van der Waals surface area contributed by atoms with Crippen molar-refractivity contribution in [2.45, 2.75) is 11.0 Å². The van der Waals surface area contributed by atoms with Gasteiger partial charge in [-0.05, 0) is 11.1 Å². The summed E-state index contributed by atoms with van der Waals surface area (Å²) in [5, 5.41) is 3.76. The molecule has 3 rings (SSSR count). The molecule has 6 heteroatoms. The molecule has 0 fully saturated rings. The number of hydrogen-bond donors (Lipinski definition) is 0. The smallest absolute Gasteiger partial charge is 0.138 e. The van der Waals surface area contributed by atoms with E-state index in [0.717, 1.165) is 22.7 Å². The van der Waals surface area contributed by atoms with Gasteiger partial charge in [-0.25, -0.2) is 0 Å². The SMILES string of the molecule is O=S(Cc1nnsc1Cl)C(c1ccccc1)c1ccccc1. The Bertz CT molecular complexity index is 723. The van der Waals surface area contributed by atoms with Gasteiger partial charge in [0.25, 0.3) is 0 Å². The highest BCUT2D eigenvalue weighted by molar-refractivity contribution is 7.84. The quantitative estimate of drug-likeness (QED) is 0.693. The van der Waals surface area contributed by atoms with Crippen LogP contribution < -0.4 is 0 Å². The maximum atomic E-state index is 13.0. The van der Waals surface area contributed by atoms with Crippen molar-refractivity contribution in [2.24, 2.45) is 0 Å². The highest BCUT2D eigenvalue weighted by Crippen LogP contribution is 2.31. The lowest BCUT2D eigenvalue weighted by Gasteiger charge is -2.17. The molecule has 0 bridgehead atoms. The van der Waals surface area contributed by atoms with Crippen molar-refractivity contribution >= 4 is 33.9 Å². The molecule has 0 radical (unpaired) electrons. The molecule has 1 unspecified atom stereocenters. The van der Waals surface area contributed by atoms with Gasteiger partial charge in [0.2, 0.25) is 0 Å².